The number of aromatic nitrogens is 1. The zero-order chi connectivity index (χ0) is 17.4. The van der Waals surface area contributed by atoms with Crippen LogP contribution >= 0.6 is 0 Å². The summed E-state index contributed by atoms with van der Waals surface area (Å²) in [4.78, 5) is 23.3. The van der Waals surface area contributed by atoms with Crippen LogP contribution in [0.15, 0.2) is 52.5 Å². The van der Waals surface area contributed by atoms with Gasteiger partial charge in [-0.1, -0.05) is 6.07 Å². The Morgan fingerprint density at radius 2 is 2.12 bits per heavy atom. The molecule has 1 N–H and O–H groups in total. The molecule has 126 valence electrons. The van der Waals surface area contributed by atoms with Crippen molar-refractivity contribution in [1.82, 2.24) is 9.99 Å². The quantitative estimate of drug-likeness (QED) is 0.615. The van der Waals surface area contributed by atoms with Crippen LogP contribution in [0, 0.1) is 0 Å². The van der Waals surface area contributed by atoms with Crippen LogP contribution < -0.4 is 20.5 Å². The minimum absolute atomic E-state index is 0.0934. The van der Waals surface area contributed by atoms with Gasteiger partial charge in [0.25, 0.3) is 11.5 Å². The summed E-state index contributed by atoms with van der Waals surface area (Å²) in [7, 11) is 1.57. The number of ether oxygens (including phenoxy) is 2. The van der Waals surface area contributed by atoms with Crippen LogP contribution in [0.3, 0.4) is 0 Å². The molecule has 0 aliphatic carbocycles. The van der Waals surface area contributed by atoms with Gasteiger partial charge in [-0.05, 0) is 36.8 Å². The van der Waals surface area contributed by atoms with Gasteiger partial charge in [0.05, 0.1) is 19.9 Å². The van der Waals surface area contributed by atoms with Gasteiger partial charge in [0.2, 0.25) is 0 Å². The second kappa shape index (κ2) is 8.52. The van der Waals surface area contributed by atoms with Crippen molar-refractivity contribution in [2.45, 2.75) is 13.5 Å². The summed E-state index contributed by atoms with van der Waals surface area (Å²) in [5.41, 5.74) is 2.89. The summed E-state index contributed by atoms with van der Waals surface area (Å²) in [6.45, 7) is 2.30. The van der Waals surface area contributed by atoms with E-state index in [1.807, 2.05) is 6.92 Å². The summed E-state index contributed by atoms with van der Waals surface area (Å²) < 4.78 is 12.0. The maximum Gasteiger partial charge on any atom is 0.260 e. The molecule has 0 radical (unpaired) electrons. The van der Waals surface area contributed by atoms with E-state index >= 15 is 0 Å². The van der Waals surface area contributed by atoms with Crippen molar-refractivity contribution in [2.75, 3.05) is 13.7 Å². The maximum absolute atomic E-state index is 11.8. The van der Waals surface area contributed by atoms with Crippen molar-refractivity contribution >= 4 is 12.1 Å². The largest absolute Gasteiger partial charge is 0.493 e. The number of hydrogen-bond acceptors (Lipinski definition) is 5. The first kappa shape index (κ1) is 17.3. The summed E-state index contributed by atoms with van der Waals surface area (Å²) in [6, 6.07) is 10.0. The van der Waals surface area contributed by atoms with Gasteiger partial charge in [0.1, 0.15) is 6.54 Å². The number of benzene rings is 1. The highest BCUT2D eigenvalue weighted by atomic mass is 16.5. The Morgan fingerprint density at radius 1 is 1.29 bits per heavy atom. The molecule has 1 heterocycles. The fourth-order valence-corrected chi connectivity index (χ4v) is 2.00. The molecule has 1 amide bonds. The van der Waals surface area contributed by atoms with E-state index in [9.17, 15) is 9.59 Å². The van der Waals surface area contributed by atoms with Gasteiger partial charge >= 0.3 is 0 Å². The highest BCUT2D eigenvalue weighted by Crippen LogP contribution is 2.27. The van der Waals surface area contributed by atoms with Gasteiger partial charge in [-0.3, -0.25) is 9.59 Å². The van der Waals surface area contributed by atoms with Crippen molar-refractivity contribution < 1.29 is 14.3 Å². The van der Waals surface area contributed by atoms with Crippen LogP contribution in [0.1, 0.15) is 12.5 Å². The molecule has 0 aliphatic heterocycles. The predicted octanol–water partition coefficient (Wildman–Crippen LogP) is 1.41. The molecule has 0 fully saturated rings. The molecule has 0 saturated heterocycles. The van der Waals surface area contributed by atoms with Crippen LogP contribution in [0.2, 0.25) is 0 Å². The lowest BCUT2D eigenvalue weighted by Gasteiger charge is -2.09. The van der Waals surface area contributed by atoms with Crippen molar-refractivity contribution in [3.05, 3.63) is 58.5 Å². The standard InChI is InChI=1S/C17H19N3O4/c1-3-24-15-10-13(7-8-14(15)23-2)11-18-19-16(21)12-20-9-5-4-6-17(20)22/h4-11H,3,12H2,1-2H3,(H,19,21)/b18-11-. The van der Waals surface area contributed by atoms with Gasteiger partial charge < -0.3 is 14.0 Å². The Kier molecular flexibility index (Phi) is 6.13. The Hall–Kier alpha value is -3.09. The van der Waals surface area contributed by atoms with E-state index in [0.717, 1.165) is 5.56 Å². The van der Waals surface area contributed by atoms with Crippen LogP contribution in [-0.2, 0) is 11.3 Å². The number of hydrogen-bond donors (Lipinski definition) is 1. The molecule has 7 nitrogen and oxygen atoms in total. The van der Waals surface area contributed by atoms with Crippen LogP contribution in [-0.4, -0.2) is 30.4 Å². The van der Waals surface area contributed by atoms with E-state index in [1.165, 1.54) is 16.8 Å². The van der Waals surface area contributed by atoms with E-state index in [1.54, 1.807) is 43.6 Å². The highest BCUT2D eigenvalue weighted by molar-refractivity contribution is 5.83. The number of rotatable bonds is 7. The first-order valence-electron chi connectivity index (χ1n) is 7.42. The molecule has 1 aromatic carbocycles. The molecule has 1 aromatic heterocycles. The van der Waals surface area contributed by atoms with Crippen molar-refractivity contribution in [3.8, 4) is 11.5 Å². The Bertz CT molecular complexity index is 783. The number of carbonyl (C=O) groups excluding carboxylic acids is 1. The number of nitrogens with zero attached hydrogens (tertiary/aromatic N) is 2. The van der Waals surface area contributed by atoms with E-state index in [0.29, 0.717) is 18.1 Å². The first-order chi connectivity index (χ1) is 11.6. The first-order valence-corrected chi connectivity index (χ1v) is 7.42. The minimum atomic E-state index is -0.391. The number of pyridine rings is 1. The summed E-state index contributed by atoms with van der Waals surface area (Å²) >= 11 is 0. The SMILES string of the molecule is CCOc1cc(/C=N\NC(=O)Cn2ccccc2=O)ccc1OC. The fraction of sp³-hybridized carbons (Fsp3) is 0.235. The lowest BCUT2D eigenvalue weighted by Crippen LogP contribution is -2.28. The molecule has 0 bridgehead atoms. The van der Waals surface area contributed by atoms with E-state index in [2.05, 4.69) is 10.5 Å². The smallest absolute Gasteiger partial charge is 0.260 e. The molecule has 0 aliphatic rings. The molecule has 0 saturated carbocycles. The molecule has 0 atom stereocenters. The zero-order valence-corrected chi connectivity index (χ0v) is 13.6. The van der Waals surface area contributed by atoms with Crippen LogP contribution in [0.5, 0.6) is 11.5 Å². The fourth-order valence-electron chi connectivity index (χ4n) is 2.00. The Labute approximate surface area is 139 Å². The number of carbonyl (C=O) groups is 1. The van der Waals surface area contributed by atoms with Crippen molar-refractivity contribution in [1.29, 1.82) is 0 Å². The average molecular weight is 329 g/mol. The topological polar surface area (TPSA) is 81.9 Å². The third kappa shape index (κ3) is 4.70. The minimum Gasteiger partial charge on any atom is -0.493 e. The zero-order valence-electron chi connectivity index (χ0n) is 13.6. The number of methoxy groups -OCH3 is 1. The monoisotopic (exact) mass is 329 g/mol. The molecule has 7 heteroatoms. The normalized spacial score (nSPS) is 10.6. The molecular weight excluding hydrogens is 310 g/mol. The van der Waals surface area contributed by atoms with Gasteiger partial charge in [0, 0.05) is 12.3 Å². The van der Waals surface area contributed by atoms with Gasteiger partial charge in [-0.2, -0.15) is 5.10 Å². The van der Waals surface area contributed by atoms with Crippen molar-refractivity contribution in [2.24, 2.45) is 5.10 Å². The predicted molar refractivity (Wildman–Crippen MR) is 90.6 cm³/mol. The summed E-state index contributed by atoms with van der Waals surface area (Å²) in [6.07, 6.45) is 3.04. The molecule has 2 aromatic rings. The third-order valence-corrected chi connectivity index (χ3v) is 3.10. The van der Waals surface area contributed by atoms with Gasteiger partial charge in [-0.25, -0.2) is 5.43 Å². The third-order valence-electron chi connectivity index (χ3n) is 3.10. The molecule has 0 spiro atoms. The lowest BCUT2D eigenvalue weighted by molar-refractivity contribution is -0.121. The second-order valence-electron chi connectivity index (χ2n) is 4.80. The lowest BCUT2D eigenvalue weighted by atomic mass is 10.2. The summed E-state index contributed by atoms with van der Waals surface area (Å²) in [5.74, 6) is 0.839. The number of nitrogens with one attached hydrogen (secondary N) is 1. The number of hydrazone groups is 1. The van der Waals surface area contributed by atoms with E-state index in [4.69, 9.17) is 9.47 Å². The van der Waals surface area contributed by atoms with Crippen LogP contribution in [0.4, 0.5) is 0 Å². The van der Waals surface area contributed by atoms with E-state index in [-0.39, 0.29) is 12.1 Å². The van der Waals surface area contributed by atoms with Crippen LogP contribution in [0.25, 0.3) is 0 Å². The second-order valence-corrected chi connectivity index (χ2v) is 4.80. The Morgan fingerprint density at radius 3 is 2.83 bits per heavy atom. The van der Waals surface area contributed by atoms with Crippen molar-refractivity contribution in [3.63, 3.8) is 0 Å². The van der Waals surface area contributed by atoms with Gasteiger partial charge in [-0.15, -0.1) is 0 Å². The molecule has 2 rings (SSSR count). The highest BCUT2D eigenvalue weighted by Gasteiger charge is 2.05. The Balaban J connectivity index is 1.98. The molecule has 24 heavy (non-hydrogen) atoms. The molecular formula is C17H19N3O4. The number of amides is 1. The summed E-state index contributed by atoms with van der Waals surface area (Å²) in [5, 5.41) is 3.89. The van der Waals surface area contributed by atoms with E-state index < -0.39 is 5.91 Å². The molecule has 0 unspecified atom stereocenters. The average Bonchev–Trinajstić information content (AvgIpc) is 2.57. The van der Waals surface area contributed by atoms with Gasteiger partial charge in [0.15, 0.2) is 11.5 Å². The maximum atomic E-state index is 11.8.